The SMILES string of the molecule is N#CC1(c2ccccc2)CCC(O)(c2cc(-c3ccccc3)ccn2)CC1. The molecule has 0 radical (unpaired) electrons. The molecule has 0 saturated heterocycles. The molecule has 134 valence electrons. The molecule has 1 heterocycles. The molecule has 3 nitrogen and oxygen atoms in total. The average Bonchev–Trinajstić information content (AvgIpc) is 2.76. The average molecular weight is 354 g/mol. The molecule has 4 rings (SSSR count). The minimum Gasteiger partial charge on any atom is -0.384 e. The fourth-order valence-electron chi connectivity index (χ4n) is 4.06. The maximum atomic E-state index is 11.3. The summed E-state index contributed by atoms with van der Waals surface area (Å²) in [5.41, 5.74) is 2.39. The lowest BCUT2D eigenvalue weighted by Gasteiger charge is -2.40. The van der Waals surface area contributed by atoms with Gasteiger partial charge in [-0.1, -0.05) is 60.7 Å². The quantitative estimate of drug-likeness (QED) is 0.722. The Kier molecular flexibility index (Phi) is 4.51. The number of nitrogens with zero attached hydrogens (tertiary/aromatic N) is 2. The summed E-state index contributed by atoms with van der Waals surface area (Å²) in [7, 11) is 0. The lowest BCUT2D eigenvalue weighted by Crippen LogP contribution is -2.39. The van der Waals surface area contributed by atoms with Gasteiger partial charge in [-0.05, 0) is 54.5 Å². The van der Waals surface area contributed by atoms with Gasteiger partial charge in [-0.3, -0.25) is 4.98 Å². The third kappa shape index (κ3) is 3.25. The number of aliphatic hydroxyl groups is 1. The summed E-state index contributed by atoms with van der Waals surface area (Å²) in [5.74, 6) is 0. The maximum Gasteiger partial charge on any atom is 0.107 e. The van der Waals surface area contributed by atoms with Crippen LogP contribution >= 0.6 is 0 Å². The predicted octanol–water partition coefficient (Wildman–Crippen LogP) is 4.97. The van der Waals surface area contributed by atoms with Gasteiger partial charge in [-0.2, -0.15) is 5.26 Å². The number of rotatable bonds is 3. The first kappa shape index (κ1) is 17.5. The third-order valence-corrected chi connectivity index (χ3v) is 5.81. The summed E-state index contributed by atoms with van der Waals surface area (Å²) in [6.45, 7) is 0. The van der Waals surface area contributed by atoms with E-state index < -0.39 is 11.0 Å². The van der Waals surface area contributed by atoms with Crippen molar-refractivity contribution in [2.75, 3.05) is 0 Å². The topological polar surface area (TPSA) is 56.9 Å². The van der Waals surface area contributed by atoms with Crippen LogP contribution in [0.4, 0.5) is 0 Å². The monoisotopic (exact) mass is 354 g/mol. The second-order valence-corrected chi connectivity index (χ2v) is 7.39. The van der Waals surface area contributed by atoms with Gasteiger partial charge in [0.15, 0.2) is 0 Å². The minimum atomic E-state index is -0.986. The van der Waals surface area contributed by atoms with Crippen molar-refractivity contribution in [3.8, 4) is 17.2 Å². The Hall–Kier alpha value is -2.96. The van der Waals surface area contributed by atoms with Crippen LogP contribution in [0.15, 0.2) is 79.0 Å². The summed E-state index contributed by atoms with van der Waals surface area (Å²) in [6, 6.07) is 26.5. The normalized spacial score (nSPS) is 24.9. The van der Waals surface area contributed by atoms with Gasteiger partial charge >= 0.3 is 0 Å². The molecular formula is C24H22N2O. The van der Waals surface area contributed by atoms with Crippen LogP contribution < -0.4 is 0 Å². The predicted molar refractivity (Wildman–Crippen MR) is 106 cm³/mol. The number of pyridine rings is 1. The summed E-state index contributed by atoms with van der Waals surface area (Å²) < 4.78 is 0. The molecule has 0 aliphatic heterocycles. The number of hydrogen-bond donors (Lipinski definition) is 1. The van der Waals surface area contributed by atoms with Gasteiger partial charge < -0.3 is 5.11 Å². The molecule has 0 bridgehead atoms. The van der Waals surface area contributed by atoms with Crippen molar-refractivity contribution >= 4 is 0 Å². The molecule has 1 fully saturated rings. The Balaban J connectivity index is 1.61. The van der Waals surface area contributed by atoms with E-state index in [2.05, 4.69) is 23.2 Å². The first-order chi connectivity index (χ1) is 13.2. The molecular weight excluding hydrogens is 332 g/mol. The largest absolute Gasteiger partial charge is 0.384 e. The van der Waals surface area contributed by atoms with E-state index in [0.29, 0.717) is 31.4 Å². The van der Waals surface area contributed by atoms with Crippen LogP contribution in [-0.2, 0) is 11.0 Å². The van der Waals surface area contributed by atoms with Crippen LogP contribution in [0.2, 0.25) is 0 Å². The van der Waals surface area contributed by atoms with Crippen molar-refractivity contribution in [1.29, 1.82) is 5.26 Å². The summed E-state index contributed by atoms with van der Waals surface area (Å²) in [6.07, 6.45) is 4.07. The highest BCUT2D eigenvalue weighted by atomic mass is 16.3. The van der Waals surface area contributed by atoms with E-state index in [9.17, 15) is 10.4 Å². The molecule has 1 aliphatic rings. The van der Waals surface area contributed by atoms with Crippen molar-refractivity contribution in [3.05, 3.63) is 90.3 Å². The molecule has 1 N–H and O–H groups in total. The van der Waals surface area contributed by atoms with Crippen molar-refractivity contribution in [1.82, 2.24) is 4.98 Å². The lowest BCUT2D eigenvalue weighted by molar-refractivity contribution is -0.0174. The summed E-state index contributed by atoms with van der Waals surface area (Å²) in [5, 5.41) is 21.2. The minimum absolute atomic E-state index is 0.523. The van der Waals surface area contributed by atoms with Gasteiger partial charge in [0, 0.05) is 6.20 Å². The molecule has 3 heteroatoms. The molecule has 3 aromatic rings. The van der Waals surface area contributed by atoms with Gasteiger partial charge in [0.25, 0.3) is 0 Å². The number of aromatic nitrogens is 1. The van der Waals surface area contributed by atoms with Crippen molar-refractivity contribution in [2.24, 2.45) is 0 Å². The van der Waals surface area contributed by atoms with Crippen LogP contribution in [0.3, 0.4) is 0 Å². The van der Waals surface area contributed by atoms with E-state index in [1.807, 2.05) is 60.7 Å². The zero-order valence-corrected chi connectivity index (χ0v) is 15.2. The first-order valence-corrected chi connectivity index (χ1v) is 9.36. The Morgan fingerprint density at radius 2 is 1.44 bits per heavy atom. The molecule has 1 aliphatic carbocycles. The van der Waals surface area contributed by atoms with Crippen molar-refractivity contribution < 1.29 is 5.11 Å². The van der Waals surface area contributed by atoms with Gasteiger partial charge in [0.2, 0.25) is 0 Å². The molecule has 0 spiro atoms. The van der Waals surface area contributed by atoms with Crippen molar-refractivity contribution in [2.45, 2.75) is 36.7 Å². The fourth-order valence-corrected chi connectivity index (χ4v) is 4.06. The van der Waals surface area contributed by atoms with Gasteiger partial charge in [0.1, 0.15) is 5.60 Å². The van der Waals surface area contributed by atoms with Gasteiger partial charge in [-0.25, -0.2) is 0 Å². The Bertz CT molecular complexity index is 952. The zero-order chi connectivity index (χ0) is 18.7. The smallest absolute Gasteiger partial charge is 0.107 e. The van der Waals surface area contributed by atoms with E-state index in [-0.39, 0.29) is 0 Å². The van der Waals surface area contributed by atoms with E-state index in [1.54, 1.807) is 6.20 Å². The Morgan fingerprint density at radius 3 is 2.07 bits per heavy atom. The standard InChI is InChI=1S/C24H22N2O/c25-18-23(21-9-5-2-6-10-21)12-14-24(27,15-13-23)22-17-20(11-16-26-22)19-7-3-1-4-8-19/h1-11,16-17,27H,12-15H2. The number of hydrogen-bond acceptors (Lipinski definition) is 3. The van der Waals surface area contributed by atoms with Gasteiger partial charge in [0.05, 0.1) is 17.2 Å². The maximum absolute atomic E-state index is 11.3. The highest BCUT2D eigenvalue weighted by Crippen LogP contribution is 2.46. The van der Waals surface area contributed by atoms with Crippen LogP contribution in [-0.4, -0.2) is 10.1 Å². The Morgan fingerprint density at radius 1 is 0.815 bits per heavy atom. The van der Waals surface area contributed by atoms with Crippen LogP contribution in [0, 0.1) is 11.3 Å². The van der Waals surface area contributed by atoms with E-state index in [1.165, 1.54) is 0 Å². The molecule has 2 aromatic carbocycles. The first-order valence-electron chi connectivity index (χ1n) is 9.36. The number of nitriles is 1. The number of benzene rings is 2. The van der Waals surface area contributed by atoms with Crippen LogP contribution in [0.25, 0.3) is 11.1 Å². The van der Waals surface area contributed by atoms with Crippen LogP contribution in [0.5, 0.6) is 0 Å². The van der Waals surface area contributed by atoms with E-state index in [0.717, 1.165) is 16.7 Å². The fraction of sp³-hybridized carbons (Fsp3) is 0.250. The molecule has 0 atom stereocenters. The summed E-state index contributed by atoms with van der Waals surface area (Å²) in [4.78, 5) is 4.47. The highest BCUT2D eigenvalue weighted by molar-refractivity contribution is 5.63. The van der Waals surface area contributed by atoms with E-state index >= 15 is 0 Å². The second kappa shape index (κ2) is 6.98. The molecule has 1 saturated carbocycles. The molecule has 27 heavy (non-hydrogen) atoms. The summed E-state index contributed by atoms with van der Waals surface area (Å²) >= 11 is 0. The zero-order valence-electron chi connectivity index (χ0n) is 15.2. The van der Waals surface area contributed by atoms with E-state index in [4.69, 9.17) is 0 Å². The second-order valence-electron chi connectivity index (χ2n) is 7.39. The van der Waals surface area contributed by atoms with Gasteiger partial charge in [-0.15, -0.1) is 0 Å². The lowest BCUT2D eigenvalue weighted by atomic mass is 9.65. The Labute approximate surface area is 160 Å². The van der Waals surface area contributed by atoms with Crippen molar-refractivity contribution in [3.63, 3.8) is 0 Å². The molecule has 0 amide bonds. The molecule has 1 aromatic heterocycles. The third-order valence-electron chi connectivity index (χ3n) is 5.81. The van der Waals surface area contributed by atoms with Crippen LogP contribution in [0.1, 0.15) is 36.9 Å². The highest BCUT2D eigenvalue weighted by Gasteiger charge is 2.44. The molecule has 0 unspecified atom stereocenters.